The van der Waals surface area contributed by atoms with Gasteiger partial charge in [-0.15, -0.1) is 11.3 Å². The van der Waals surface area contributed by atoms with E-state index in [1.807, 2.05) is 52.0 Å². The molecule has 0 aliphatic carbocycles. The minimum Gasteiger partial charge on any atom is -0.391 e. The fourth-order valence-corrected chi connectivity index (χ4v) is 9.89. The van der Waals surface area contributed by atoms with Crippen LogP contribution in [0.1, 0.15) is 72.0 Å². The predicted octanol–water partition coefficient (Wildman–Crippen LogP) is 1.01. The molecule has 2 saturated heterocycles. The molecule has 1 unspecified atom stereocenters. The number of fused-ring (bicyclic) bond motifs is 1. The van der Waals surface area contributed by atoms with Gasteiger partial charge in [0.15, 0.2) is 0 Å². The lowest BCUT2D eigenvalue weighted by Crippen LogP contribution is -2.58. The van der Waals surface area contributed by atoms with Gasteiger partial charge in [0.1, 0.15) is 31.3 Å². The van der Waals surface area contributed by atoms with Gasteiger partial charge in [-0.25, -0.2) is 4.98 Å². The summed E-state index contributed by atoms with van der Waals surface area (Å²) in [6.07, 6.45) is -0.711. The maximum absolute atomic E-state index is 13.9. The molecule has 3 aliphatic rings. The maximum atomic E-state index is 13.9. The zero-order valence-electron chi connectivity index (χ0n) is 48.2. The Hall–Kier alpha value is -6.37. The minimum atomic E-state index is -1.06. The van der Waals surface area contributed by atoms with Crippen molar-refractivity contribution in [2.75, 3.05) is 144 Å². The summed E-state index contributed by atoms with van der Waals surface area (Å²) in [5.41, 5.74) is 4.65. The fraction of sp³-hybridized carbons (Fsp3) is 0.596. The number of nitrogens with one attached hydrogen (secondary N) is 5. The molecule has 26 nitrogen and oxygen atoms in total. The fourth-order valence-electron chi connectivity index (χ4n) is 9.08. The molecule has 27 heteroatoms. The van der Waals surface area contributed by atoms with Crippen LogP contribution in [-0.4, -0.2) is 230 Å². The van der Waals surface area contributed by atoms with Crippen LogP contribution in [0.4, 0.5) is 5.69 Å². The highest BCUT2D eigenvalue weighted by molar-refractivity contribution is 7.13. The number of aromatic nitrogens is 1. The van der Waals surface area contributed by atoms with E-state index in [0.717, 1.165) is 26.6 Å². The Kier molecular flexibility index (Phi) is 28.0. The molecule has 4 heterocycles. The van der Waals surface area contributed by atoms with Crippen LogP contribution in [-0.2, 0) is 77.9 Å². The van der Waals surface area contributed by atoms with Crippen molar-refractivity contribution in [2.24, 2.45) is 5.41 Å². The van der Waals surface area contributed by atoms with Gasteiger partial charge < -0.3 is 73.9 Å². The number of nitrogens with zero attached hydrogens (tertiary/aromatic N) is 3. The zero-order valence-corrected chi connectivity index (χ0v) is 49.1. The number of aryl methyl sites for hydroxylation is 1. The van der Waals surface area contributed by atoms with Crippen molar-refractivity contribution in [2.45, 2.75) is 77.7 Å². The molecule has 84 heavy (non-hydrogen) atoms. The number of β-amino-alcohol motifs (C(OH)–C–C–N with tert-alkyl or cyclic N) is 1. The van der Waals surface area contributed by atoms with Gasteiger partial charge in [0.2, 0.25) is 35.4 Å². The van der Waals surface area contributed by atoms with Gasteiger partial charge in [0, 0.05) is 44.7 Å². The number of aliphatic hydroxyl groups is 1. The maximum Gasteiger partial charge on any atom is 0.264 e. The van der Waals surface area contributed by atoms with Gasteiger partial charge in [-0.05, 0) is 42.0 Å². The molecule has 8 amide bonds. The molecule has 4 atom stereocenters. The van der Waals surface area contributed by atoms with Crippen molar-refractivity contribution in [1.29, 1.82) is 0 Å². The molecule has 1 aromatic heterocycles. The Morgan fingerprint density at radius 2 is 1.26 bits per heavy atom. The van der Waals surface area contributed by atoms with Crippen LogP contribution in [0.3, 0.4) is 0 Å². The topological polar surface area (TPSA) is 319 Å². The first-order chi connectivity index (χ1) is 40.5. The lowest BCUT2D eigenvalue weighted by atomic mass is 9.85. The number of piperidine rings is 1. The van der Waals surface area contributed by atoms with Crippen LogP contribution in [0, 0.1) is 12.3 Å². The first-order valence-corrected chi connectivity index (χ1v) is 29.0. The third-order valence-corrected chi connectivity index (χ3v) is 14.4. The number of aliphatic hydroxyl groups excluding tert-OH is 1. The van der Waals surface area contributed by atoms with Crippen molar-refractivity contribution in [3.8, 4) is 10.4 Å². The van der Waals surface area contributed by atoms with Gasteiger partial charge >= 0.3 is 0 Å². The van der Waals surface area contributed by atoms with Crippen molar-refractivity contribution in [3.05, 3.63) is 70.4 Å². The quantitative estimate of drug-likeness (QED) is 0.0343. The lowest BCUT2D eigenvalue weighted by molar-refractivity contribution is -0.144. The Bertz CT molecular complexity index is 2640. The SMILES string of the molecule is Cc1ncsc1-c1ccc(CNC(=O)[C@@H]2C[C@@H](O)CN2C(=O)[C@@H](NC(=O)COCCOCCOCCOCCOCCOCCOCCOCCOCC(=O)NCCNc2cccc3c2C(=O)N(C2CCC(=O)NC2=O)C3=O)C(C)(C)C)cc1. The molecule has 6 rings (SSSR count). The van der Waals surface area contributed by atoms with E-state index < -0.39 is 65.1 Å². The molecule has 0 spiro atoms. The van der Waals surface area contributed by atoms with E-state index in [2.05, 4.69) is 31.6 Å². The molecule has 3 aliphatic heterocycles. The summed E-state index contributed by atoms with van der Waals surface area (Å²) in [6.45, 7) is 12.9. The average Bonchev–Trinajstić information content (AvgIpc) is 4.38. The van der Waals surface area contributed by atoms with Crippen LogP contribution in [0.25, 0.3) is 10.4 Å². The molecule has 462 valence electrons. The van der Waals surface area contributed by atoms with Crippen molar-refractivity contribution >= 4 is 64.3 Å². The highest BCUT2D eigenvalue weighted by atomic mass is 32.1. The summed E-state index contributed by atoms with van der Waals surface area (Å²) < 4.78 is 49.4. The summed E-state index contributed by atoms with van der Waals surface area (Å²) in [5.74, 6) is -4.04. The van der Waals surface area contributed by atoms with Gasteiger partial charge in [0.25, 0.3) is 11.8 Å². The predicted molar refractivity (Wildman–Crippen MR) is 304 cm³/mol. The van der Waals surface area contributed by atoms with E-state index in [1.165, 1.54) is 11.0 Å². The number of hydrogen-bond donors (Lipinski definition) is 6. The number of thiazole rings is 1. The molecule has 0 bridgehead atoms. The Morgan fingerprint density at radius 1 is 0.714 bits per heavy atom. The lowest BCUT2D eigenvalue weighted by Gasteiger charge is -2.35. The second-order valence-electron chi connectivity index (χ2n) is 20.8. The number of amides is 8. The number of rotatable bonds is 39. The number of carbonyl (C=O) groups excluding carboxylic acids is 8. The van der Waals surface area contributed by atoms with Gasteiger partial charge in [-0.1, -0.05) is 51.1 Å². The zero-order chi connectivity index (χ0) is 60.3. The number of imide groups is 2. The number of ether oxygens (including phenoxy) is 9. The second-order valence-corrected chi connectivity index (χ2v) is 21.6. The molecular weight excluding hydrogens is 1120 g/mol. The van der Waals surface area contributed by atoms with Crippen molar-refractivity contribution in [1.82, 2.24) is 36.1 Å². The molecule has 2 fully saturated rings. The number of benzene rings is 2. The standard InChI is InChI=1S/C57H80N8O18S/c1-38-50(84-37-61-38)40-10-8-39(9-11-40)33-60-52(70)45-32-41(66)34-64(45)56(74)51(57(2,3)4)62-48(69)36-83-31-29-81-27-25-79-23-21-77-19-17-75-16-18-76-20-22-78-24-26-80-28-30-82-35-47(68)59-15-14-58-43-7-5-6-42-49(43)55(73)65(54(42)72)44-12-13-46(67)63-53(44)71/h5-11,37,41,44-45,51,58,66H,12-36H2,1-4H3,(H,59,68)(H,60,70)(H,62,69)(H,63,67,71)/t41-,44?,45+,51-/m1/s1. The van der Waals surface area contributed by atoms with Crippen LogP contribution in [0.2, 0.25) is 0 Å². The summed E-state index contributed by atoms with van der Waals surface area (Å²) >= 11 is 1.56. The highest BCUT2D eigenvalue weighted by Crippen LogP contribution is 2.33. The molecular formula is C57H80N8O18S. The van der Waals surface area contributed by atoms with Gasteiger partial charge in [-0.2, -0.15) is 0 Å². The first kappa shape index (κ1) is 66.8. The van der Waals surface area contributed by atoms with E-state index in [0.29, 0.717) is 85.0 Å². The van der Waals surface area contributed by atoms with Crippen LogP contribution in [0.15, 0.2) is 48.0 Å². The van der Waals surface area contributed by atoms with Gasteiger partial charge in [0.05, 0.1) is 139 Å². The molecule has 6 N–H and O–H groups in total. The van der Waals surface area contributed by atoms with Crippen LogP contribution < -0.4 is 26.6 Å². The van der Waals surface area contributed by atoms with E-state index in [9.17, 15) is 43.5 Å². The van der Waals surface area contributed by atoms with E-state index in [4.69, 9.17) is 42.6 Å². The van der Waals surface area contributed by atoms with Crippen molar-refractivity contribution in [3.63, 3.8) is 0 Å². The molecule has 2 aromatic carbocycles. The van der Waals surface area contributed by atoms with E-state index >= 15 is 0 Å². The summed E-state index contributed by atoms with van der Waals surface area (Å²) in [7, 11) is 0. The molecule has 3 aromatic rings. The number of carbonyl (C=O) groups is 8. The average molecular weight is 1200 g/mol. The number of hydrogen-bond acceptors (Lipinski definition) is 21. The monoisotopic (exact) mass is 1200 g/mol. The minimum absolute atomic E-state index is 0.0272. The Balaban J connectivity index is 0.667. The van der Waals surface area contributed by atoms with E-state index in [1.54, 1.807) is 29.0 Å². The largest absolute Gasteiger partial charge is 0.391 e. The Labute approximate surface area is 492 Å². The smallest absolute Gasteiger partial charge is 0.264 e. The Morgan fingerprint density at radius 3 is 1.79 bits per heavy atom. The molecule has 0 radical (unpaired) electrons. The van der Waals surface area contributed by atoms with Crippen molar-refractivity contribution < 1.29 is 86.1 Å². The highest BCUT2D eigenvalue weighted by Gasteiger charge is 2.46. The van der Waals surface area contributed by atoms with Crippen LogP contribution >= 0.6 is 11.3 Å². The molecule has 0 saturated carbocycles. The first-order valence-electron chi connectivity index (χ1n) is 28.1. The summed E-state index contributed by atoms with van der Waals surface area (Å²) in [5, 5.41) is 24.2. The summed E-state index contributed by atoms with van der Waals surface area (Å²) in [4.78, 5) is 110. The normalized spacial score (nSPS) is 17.3. The van der Waals surface area contributed by atoms with E-state index in [-0.39, 0.29) is 108 Å². The van der Waals surface area contributed by atoms with Crippen LogP contribution in [0.5, 0.6) is 0 Å². The second kappa shape index (κ2) is 35.2. The third-order valence-electron chi connectivity index (χ3n) is 13.4. The third kappa shape index (κ3) is 21.3. The van der Waals surface area contributed by atoms with Gasteiger partial charge in [-0.3, -0.25) is 48.6 Å². The summed E-state index contributed by atoms with van der Waals surface area (Å²) in [6, 6.07) is 9.64. The number of anilines is 1. The number of likely N-dealkylation sites (tertiary alicyclic amines) is 1.